The van der Waals surface area contributed by atoms with Crippen LogP contribution >= 0.6 is 0 Å². The summed E-state index contributed by atoms with van der Waals surface area (Å²) in [6.45, 7) is 4.06. The summed E-state index contributed by atoms with van der Waals surface area (Å²) in [4.78, 5) is 13.9. The highest BCUT2D eigenvalue weighted by Gasteiger charge is 2.36. The van der Waals surface area contributed by atoms with E-state index < -0.39 is 9.84 Å². The number of amides is 1. The van der Waals surface area contributed by atoms with Gasteiger partial charge in [0, 0.05) is 19.1 Å². The largest absolute Gasteiger partial charge is 0.395 e. The Morgan fingerprint density at radius 2 is 2.11 bits per heavy atom. The standard InChI is InChI=1S/C12H24N2O4S/c1-9(2)11(7-13)12(16)14(4-5-15)10-3-6-19(17,18)8-10/h9-11,15H,3-8,13H2,1-2H3. The van der Waals surface area contributed by atoms with Crippen molar-refractivity contribution in [1.82, 2.24) is 4.90 Å². The van der Waals surface area contributed by atoms with Crippen molar-refractivity contribution in [3.05, 3.63) is 0 Å². The van der Waals surface area contributed by atoms with E-state index in [1.54, 1.807) is 0 Å². The molecule has 0 radical (unpaired) electrons. The number of hydrogen-bond acceptors (Lipinski definition) is 5. The predicted molar refractivity (Wildman–Crippen MR) is 73.2 cm³/mol. The van der Waals surface area contributed by atoms with E-state index in [9.17, 15) is 13.2 Å². The molecule has 1 aliphatic rings. The van der Waals surface area contributed by atoms with Crippen LogP contribution in [0.2, 0.25) is 0 Å². The minimum absolute atomic E-state index is 0.00583. The average Bonchev–Trinajstić information content (AvgIpc) is 2.66. The molecule has 1 saturated heterocycles. The van der Waals surface area contributed by atoms with Gasteiger partial charge in [-0.1, -0.05) is 13.8 Å². The van der Waals surface area contributed by atoms with E-state index in [1.807, 2.05) is 13.8 Å². The summed E-state index contributed by atoms with van der Waals surface area (Å²) in [6.07, 6.45) is 0.448. The van der Waals surface area contributed by atoms with Crippen molar-refractivity contribution in [3.63, 3.8) is 0 Å². The summed E-state index contributed by atoms with van der Waals surface area (Å²) >= 11 is 0. The quantitative estimate of drug-likeness (QED) is 0.669. The van der Waals surface area contributed by atoms with Gasteiger partial charge in [0.05, 0.1) is 24.0 Å². The molecule has 1 heterocycles. The van der Waals surface area contributed by atoms with Crippen molar-refractivity contribution in [3.8, 4) is 0 Å². The second-order valence-electron chi connectivity index (χ2n) is 5.40. The summed E-state index contributed by atoms with van der Waals surface area (Å²) in [5, 5.41) is 9.09. The highest BCUT2D eigenvalue weighted by molar-refractivity contribution is 7.91. The number of aliphatic hydroxyl groups excluding tert-OH is 1. The zero-order valence-electron chi connectivity index (χ0n) is 11.6. The smallest absolute Gasteiger partial charge is 0.227 e. The van der Waals surface area contributed by atoms with Gasteiger partial charge in [-0.3, -0.25) is 4.79 Å². The van der Waals surface area contributed by atoms with Crippen LogP contribution in [0.5, 0.6) is 0 Å². The molecule has 0 bridgehead atoms. The van der Waals surface area contributed by atoms with Crippen LogP contribution in [-0.2, 0) is 14.6 Å². The maximum Gasteiger partial charge on any atom is 0.227 e. The molecule has 0 aromatic carbocycles. The molecular weight excluding hydrogens is 268 g/mol. The molecule has 0 saturated carbocycles. The van der Waals surface area contributed by atoms with Crippen molar-refractivity contribution in [2.24, 2.45) is 17.6 Å². The van der Waals surface area contributed by atoms with E-state index >= 15 is 0 Å². The third kappa shape index (κ3) is 4.15. The van der Waals surface area contributed by atoms with Gasteiger partial charge in [-0.05, 0) is 12.3 Å². The Balaban J connectivity index is 2.85. The number of carbonyl (C=O) groups is 1. The first-order chi connectivity index (χ1) is 8.82. The van der Waals surface area contributed by atoms with Crippen LogP contribution in [-0.4, -0.2) is 61.6 Å². The first-order valence-electron chi connectivity index (χ1n) is 6.64. The molecule has 2 unspecified atom stereocenters. The van der Waals surface area contributed by atoms with E-state index in [2.05, 4.69) is 0 Å². The van der Waals surface area contributed by atoms with Crippen LogP contribution in [0.4, 0.5) is 0 Å². The number of aliphatic hydroxyl groups is 1. The molecule has 0 aromatic rings. The number of sulfone groups is 1. The molecular formula is C12H24N2O4S. The van der Waals surface area contributed by atoms with Gasteiger partial charge in [-0.25, -0.2) is 8.42 Å². The Kier molecular flexibility index (Phi) is 5.76. The van der Waals surface area contributed by atoms with Crippen molar-refractivity contribution in [2.45, 2.75) is 26.3 Å². The molecule has 2 atom stereocenters. The zero-order chi connectivity index (χ0) is 14.6. The normalized spacial score (nSPS) is 23.5. The van der Waals surface area contributed by atoms with Gasteiger partial charge in [0.2, 0.25) is 5.91 Å². The van der Waals surface area contributed by atoms with Crippen LogP contribution in [0, 0.1) is 11.8 Å². The van der Waals surface area contributed by atoms with Gasteiger partial charge in [0.1, 0.15) is 0 Å². The average molecular weight is 292 g/mol. The summed E-state index contributed by atoms with van der Waals surface area (Å²) in [6, 6.07) is -0.322. The maximum atomic E-state index is 12.4. The Hall–Kier alpha value is -0.660. The first kappa shape index (κ1) is 16.4. The molecule has 1 amide bonds. The molecule has 0 aliphatic carbocycles. The van der Waals surface area contributed by atoms with E-state index in [0.29, 0.717) is 6.42 Å². The molecule has 7 heteroatoms. The third-order valence-corrected chi connectivity index (χ3v) is 5.40. The highest BCUT2D eigenvalue weighted by Crippen LogP contribution is 2.21. The second kappa shape index (κ2) is 6.67. The fraction of sp³-hybridized carbons (Fsp3) is 0.917. The summed E-state index contributed by atoms with van der Waals surface area (Å²) in [5.41, 5.74) is 5.63. The Bertz CT molecular complexity index is 408. The van der Waals surface area contributed by atoms with Crippen LogP contribution in [0.3, 0.4) is 0 Å². The fourth-order valence-corrected chi connectivity index (χ4v) is 4.20. The first-order valence-corrected chi connectivity index (χ1v) is 8.46. The number of rotatable bonds is 6. The predicted octanol–water partition coefficient (Wildman–Crippen LogP) is -0.775. The molecule has 3 N–H and O–H groups in total. The summed E-state index contributed by atoms with van der Waals surface area (Å²) < 4.78 is 23.0. The maximum absolute atomic E-state index is 12.4. The number of hydrogen-bond donors (Lipinski definition) is 2. The molecule has 1 rings (SSSR count). The van der Waals surface area contributed by atoms with E-state index in [4.69, 9.17) is 10.8 Å². The fourth-order valence-electron chi connectivity index (χ4n) is 2.47. The molecule has 112 valence electrons. The topological polar surface area (TPSA) is 101 Å². The third-order valence-electron chi connectivity index (χ3n) is 3.65. The Labute approximate surface area is 114 Å². The van der Waals surface area contributed by atoms with Crippen LogP contribution < -0.4 is 5.73 Å². The van der Waals surface area contributed by atoms with E-state index in [-0.39, 0.29) is 55.0 Å². The second-order valence-corrected chi connectivity index (χ2v) is 7.63. The number of nitrogens with two attached hydrogens (primary N) is 1. The molecule has 0 aromatic heterocycles. The minimum atomic E-state index is -3.05. The lowest BCUT2D eigenvalue weighted by Crippen LogP contribution is -2.48. The van der Waals surface area contributed by atoms with Crippen molar-refractivity contribution < 1.29 is 18.3 Å². The van der Waals surface area contributed by atoms with Gasteiger partial charge in [0.25, 0.3) is 0 Å². The van der Waals surface area contributed by atoms with Crippen molar-refractivity contribution in [1.29, 1.82) is 0 Å². The summed E-state index contributed by atoms with van der Waals surface area (Å²) in [7, 11) is -3.05. The van der Waals surface area contributed by atoms with Gasteiger partial charge >= 0.3 is 0 Å². The SMILES string of the molecule is CC(C)C(CN)C(=O)N(CCO)C1CCS(=O)(=O)C1. The van der Waals surface area contributed by atoms with Crippen molar-refractivity contribution in [2.75, 3.05) is 31.2 Å². The number of carbonyl (C=O) groups excluding carboxylic acids is 1. The molecule has 6 nitrogen and oxygen atoms in total. The molecule has 1 fully saturated rings. The highest BCUT2D eigenvalue weighted by atomic mass is 32.2. The van der Waals surface area contributed by atoms with Gasteiger partial charge < -0.3 is 15.7 Å². The molecule has 1 aliphatic heterocycles. The van der Waals surface area contributed by atoms with Gasteiger partial charge in [-0.15, -0.1) is 0 Å². The number of nitrogens with zero attached hydrogens (tertiary/aromatic N) is 1. The Morgan fingerprint density at radius 1 is 1.47 bits per heavy atom. The lowest BCUT2D eigenvalue weighted by Gasteiger charge is -2.32. The molecule has 0 spiro atoms. The summed E-state index contributed by atoms with van der Waals surface area (Å²) in [5.74, 6) is -0.268. The van der Waals surface area contributed by atoms with Crippen LogP contribution in [0.15, 0.2) is 0 Å². The zero-order valence-corrected chi connectivity index (χ0v) is 12.4. The van der Waals surface area contributed by atoms with Crippen molar-refractivity contribution >= 4 is 15.7 Å². The Morgan fingerprint density at radius 3 is 2.47 bits per heavy atom. The minimum Gasteiger partial charge on any atom is -0.395 e. The lowest BCUT2D eigenvalue weighted by atomic mass is 9.93. The monoisotopic (exact) mass is 292 g/mol. The van der Waals surface area contributed by atoms with E-state index in [0.717, 1.165) is 0 Å². The lowest BCUT2D eigenvalue weighted by molar-refractivity contribution is -0.139. The molecule has 19 heavy (non-hydrogen) atoms. The van der Waals surface area contributed by atoms with E-state index in [1.165, 1.54) is 4.90 Å². The van der Waals surface area contributed by atoms with Crippen LogP contribution in [0.25, 0.3) is 0 Å². The van der Waals surface area contributed by atoms with Gasteiger partial charge in [-0.2, -0.15) is 0 Å². The van der Waals surface area contributed by atoms with Crippen LogP contribution in [0.1, 0.15) is 20.3 Å². The van der Waals surface area contributed by atoms with Gasteiger partial charge in [0.15, 0.2) is 9.84 Å².